The van der Waals surface area contributed by atoms with E-state index in [1.54, 1.807) is 6.33 Å². The van der Waals surface area contributed by atoms with Crippen LogP contribution < -0.4 is 10.2 Å². The first kappa shape index (κ1) is 14.6. The lowest BCUT2D eigenvalue weighted by Gasteiger charge is -2.25. The van der Waals surface area contributed by atoms with E-state index < -0.39 is 5.60 Å². The molecule has 1 aromatic heterocycles. The van der Waals surface area contributed by atoms with Crippen molar-refractivity contribution in [1.29, 1.82) is 0 Å². The van der Waals surface area contributed by atoms with E-state index in [0.717, 1.165) is 56.0 Å². The van der Waals surface area contributed by atoms with Crippen LogP contribution in [0.5, 0.6) is 0 Å². The van der Waals surface area contributed by atoms with E-state index >= 15 is 0 Å². The average molecular weight is 310 g/mol. The summed E-state index contributed by atoms with van der Waals surface area (Å²) in [6.45, 7) is 3.34. The van der Waals surface area contributed by atoms with Gasteiger partial charge in [0.25, 0.3) is 0 Å². The molecule has 0 unspecified atom stereocenters. The Kier molecular flexibility index (Phi) is 3.75. The fourth-order valence-corrected chi connectivity index (χ4v) is 3.69. The first-order valence-corrected chi connectivity index (χ1v) is 8.33. The summed E-state index contributed by atoms with van der Waals surface area (Å²) in [7, 11) is 0. The van der Waals surface area contributed by atoms with Gasteiger partial charge in [0.2, 0.25) is 0 Å². The zero-order valence-electron chi connectivity index (χ0n) is 13.2. The number of hydrogen-bond donors (Lipinski definition) is 2. The molecule has 2 aliphatic rings. The maximum atomic E-state index is 11.1. The number of nitrogens with one attached hydrogen (secondary N) is 1. The Bertz CT molecular complexity index is 691. The van der Waals surface area contributed by atoms with Gasteiger partial charge in [0.05, 0.1) is 12.2 Å². The summed E-state index contributed by atoms with van der Waals surface area (Å²) < 4.78 is 0. The number of benzene rings is 1. The molecule has 0 saturated carbocycles. The van der Waals surface area contributed by atoms with E-state index in [1.807, 2.05) is 30.3 Å². The van der Waals surface area contributed by atoms with E-state index in [9.17, 15) is 5.11 Å². The zero-order chi connectivity index (χ0) is 15.7. The van der Waals surface area contributed by atoms with Crippen LogP contribution in [0.1, 0.15) is 23.2 Å². The van der Waals surface area contributed by atoms with E-state index in [0.29, 0.717) is 6.54 Å². The summed E-state index contributed by atoms with van der Waals surface area (Å²) >= 11 is 0. The van der Waals surface area contributed by atoms with Gasteiger partial charge in [-0.05, 0) is 24.9 Å². The molecule has 23 heavy (non-hydrogen) atoms. The van der Waals surface area contributed by atoms with Crippen molar-refractivity contribution in [2.45, 2.75) is 24.9 Å². The molecule has 0 spiro atoms. The number of aromatic nitrogens is 2. The second kappa shape index (κ2) is 5.91. The first-order chi connectivity index (χ1) is 11.3. The lowest BCUT2D eigenvalue weighted by molar-refractivity contribution is 0.0606. The SMILES string of the molecule is O[C@@]1(c2ccccc2)CCN(c2ncnc3c2CCNCC3)C1. The van der Waals surface area contributed by atoms with Gasteiger partial charge >= 0.3 is 0 Å². The van der Waals surface area contributed by atoms with Crippen LogP contribution in [0, 0.1) is 0 Å². The molecule has 1 aromatic carbocycles. The smallest absolute Gasteiger partial charge is 0.135 e. The lowest BCUT2D eigenvalue weighted by Crippen LogP contribution is -2.31. The van der Waals surface area contributed by atoms with Crippen molar-refractivity contribution in [2.75, 3.05) is 31.1 Å². The highest BCUT2D eigenvalue weighted by Gasteiger charge is 2.39. The van der Waals surface area contributed by atoms with E-state index in [4.69, 9.17) is 0 Å². The molecule has 0 bridgehead atoms. The van der Waals surface area contributed by atoms with Crippen molar-refractivity contribution in [1.82, 2.24) is 15.3 Å². The van der Waals surface area contributed by atoms with Gasteiger partial charge in [-0.1, -0.05) is 30.3 Å². The largest absolute Gasteiger partial charge is 0.383 e. The third-order valence-corrected chi connectivity index (χ3v) is 4.96. The molecule has 0 aliphatic carbocycles. The second-order valence-corrected chi connectivity index (χ2v) is 6.44. The van der Waals surface area contributed by atoms with Crippen LogP contribution in [0.3, 0.4) is 0 Å². The molecule has 5 nitrogen and oxygen atoms in total. The monoisotopic (exact) mass is 310 g/mol. The van der Waals surface area contributed by atoms with Crippen LogP contribution in [-0.2, 0) is 18.4 Å². The standard InChI is InChI=1S/C18H22N4O/c23-18(14-4-2-1-3-5-14)8-11-22(12-18)17-15-6-9-19-10-7-16(15)20-13-21-17/h1-5,13,19,23H,6-12H2/t18-/m0/s1. The van der Waals surface area contributed by atoms with Crippen molar-refractivity contribution in [2.24, 2.45) is 0 Å². The van der Waals surface area contributed by atoms with Gasteiger partial charge < -0.3 is 15.3 Å². The van der Waals surface area contributed by atoms with Crippen LogP contribution >= 0.6 is 0 Å². The number of β-amino-alcohol motifs (C(OH)–C–C–N with tert-alkyl or cyclic N) is 1. The van der Waals surface area contributed by atoms with Gasteiger partial charge in [-0.3, -0.25) is 0 Å². The molecular weight excluding hydrogens is 288 g/mol. The van der Waals surface area contributed by atoms with Crippen molar-refractivity contribution < 1.29 is 5.11 Å². The van der Waals surface area contributed by atoms with Gasteiger partial charge in [0, 0.05) is 25.1 Å². The number of nitrogens with zero attached hydrogens (tertiary/aromatic N) is 3. The van der Waals surface area contributed by atoms with Gasteiger partial charge in [0.1, 0.15) is 17.7 Å². The maximum absolute atomic E-state index is 11.1. The molecule has 5 heteroatoms. The highest BCUT2D eigenvalue weighted by molar-refractivity contribution is 5.51. The molecule has 1 atom stereocenters. The fraction of sp³-hybridized carbons (Fsp3) is 0.444. The number of hydrogen-bond acceptors (Lipinski definition) is 5. The topological polar surface area (TPSA) is 61.3 Å². The third-order valence-electron chi connectivity index (χ3n) is 4.96. The van der Waals surface area contributed by atoms with Crippen LogP contribution in [0.4, 0.5) is 5.82 Å². The summed E-state index contributed by atoms with van der Waals surface area (Å²) in [6, 6.07) is 9.97. The van der Waals surface area contributed by atoms with Crippen molar-refractivity contribution >= 4 is 5.82 Å². The molecule has 0 radical (unpaired) electrons. The number of rotatable bonds is 2. The maximum Gasteiger partial charge on any atom is 0.135 e. The minimum Gasteiger partial charge on any atom is -0.383 e. The summed E-state index contributed by atoms with van der Waals surface area (Å²) in [5.74, 6) is 1.01. The number of anilines is 1. The Labute approximate surface area is 136 Å². The van der Waals surface area contributed by atoms with Gasteiger partial charge in [0.15, 0.2) is 0 Å². The summed E-state index contributed by atoms with van der Waals surface area (Å²) in [5, 5.41) is 14.5. The molecule has 0 amide bonds. The van der Waals surface area contributed by atoms with Crippen molar-refractivity contribution in [3.63, 3.8) is 0 Å². The predicted octanol–water partition coefficient (Wildman–Crippen LogP) is 1.26. The van der Waals surface area contributed by atoms with Gasteiger partial charge in [-0.2, -0.15) is 0 Å². The van der Waals surface area contributed by atoms with Crippen LogP contribution in [0.15, 0.2) is 36.7 Å². The molecule has 3 heterocycles. The van der Waals surface area contributed by atoms with Crippen LogP contribution in [0.2, 0.25) is 0 Å². The average Bonchev–Trinajstić information content (AvgIpc) is 2.84. The highest BCUT2D eigenvalue weighted by Crippen LogP contribution is 2.35. The zero-order valence-corrected chi connectivity index (χ0v) is 13.2. The Morgan fingerprint density at radius 2 is 1.91 bits per heavy atom. The highest BCUT2D eigenvalue weighted by atomic mass is 16.3. The molecule has 4 rings (SSSR count). The number of aliphatic hydroxyl groups is 1. The Balaban J connectivity index is 1.63. The summed E-state index contributed by atoms with van der Waals surface area (Å²) in [4.78, 5) is 11.2. The molecule has 2 aromatic rings. The van der Waals surface area contributed by atoms with Gasteiger partial charge in [-0.15, -0.1) is 0 Å². The molecular formula is C18H22N4O. The summed E-state index contributed by atoms with van der Waals surface area (Å²) in [6.07, 6.45) is 4.29. The van der Waals surface area contributed by atoms with Crippen LogP contribution in [0.25, 0.3) is 0 Å². The Morgan fingerprint density at radius 1 is 1.09 bits per heavy atom. The van der Waals surface area contributed by atoms with Crippen molar-refractivity contribution in [3.05, 3.63) is 53.5 Å². The first-order valence-electron chi connectivity index (χ1n) is 8.33. The van der Waals surface area contributed by atoms with Crippen molar-refractivity contribution in [3.8, 4) is 0 Å². The minimum atomic E-state index is -0.790. The molecule has 1 fully saturated rings. The molecule has 2 aliphatic heterocycles. The molecule has 2 N–H and O–H groups in total. The Morgan fingerprint density at radius 3 is 2.78 bits per heavy atom. The number of fused-ring (bicyclic) bond motifs is 1. The normalized spacial score (nSPS) is 24.3. The lowest BCUT2D eigenvalue weighted by atomic mass is 9.93. The van der Waals surface area contributed by atoms with E-state index in [1.165, 1.54) is 5.56 Å². The summed E-state index contributed by atoms with van der Waals surface area (Å²) in [5.41, 5.74) is 2.59. The Hall–Kier alpha value is -1.98. The minimum absolute atomic E-state index is 0.591. The van der Waals surface area contributed by atoms with E-state index in [-0.39, 0.29) is 0 Å². The van der Waals surface area contributed by atoms with Gasteiger partial charge in [-0.25, -0.2) is 9.97 Å². The van der Waals surface area contributed by atoms with Crippen LogP contribution in [-0.4, -0.2) is 41.3 Å². The fourth-order valence-electron chi connectivity index (χ4n) is 3.69. The van der Waals surface area contributed by atoms with E-state index in [2.05, 4.69) is 20.2 Å². The quantitative estimate of drug-likeness (QED) is 0.874. The third kappa shape index (κ3) is 2.71. The molecule has 120 valence electrons. The predicted molar refractivity (Wildman–Crippen MR) is 89.5 cm³/mol. The second-order valence-electron chi connectivity index (χ2n) is 6.44. The molecule has 1 saturated heterocycles.